The van der Waals surface area contributed by atoms with Crippen molar-refractivity contribution in [2.45, 2.75) is 20.4 Å². The average Bonchev–Trinajstić information content (AvgIpc) is 3.02. The predicted molar refractivity (Wildman–Crippen MR) is 93.9 cm³/mol. The summed E-state index contributed by atoms with van der Waals surface area (Å²) in [7, 11) is 0. The lowest BCUT2D eigenvalue weighted by Crippen LogP contribution is -2.15. The molecule has 0 saturated heterocycles. The van der Waals surface area contributed by atoms with Crippen LogP contribution in [0.1, 0.15) is 16.7 Å². The molecule has 0 spiro atoms. The zero-order chi connectivity index (χ0) is 16.7. The molecule has 0 saturated carbocycles. The normalized spacial score (nSPS) is 12.6. The Hall–Kier alpha value is -2.95. The van der Waals surface area contributed by atoms with Gasteiger partial charge < -0.3 is 19.8 Å². The van der Waals surface area contributed by atoms with E-state index in [0.717, 1.165) is 28.1 Å². The number of aryl methyl sites for hydroxylation is 2. The summed E-state index contributed by atoms with van der Waals surface area (Å²) in [6.45, 7) is 4.81. The van der Waals surface area contributed by atoms with Gasteiger partial charge in [0, 0.05) is 29.4 Å². The van der Waals surface area contributed by atoms with Crippen LogP contribution in [0.2, 0.25) is 0 Å². The van der Waals surface area contributed by atoms with Crippen molar-refractivity contribution < 1.29 is 9.47 Å². The van der Waals surface area contributed by atoms with Crippen LogP contribution in [0.25, 0.3) is 10.9 Å². The third-order valence-electron chi connectivity index (χ3n) is 4.39. The van der Waals surface area contributed by atoms with Gasteiger partial charge in [0.25, 0.3) is 5.56 Å². The quantitative estimate of drug-likeness (QED) is 0.775. The topological polar surface area (TPSA) is 63.4 Å². The summed E-state index contributed by atoms with van der Waals surface area (Å²) in [5.74, 6) is 1.47. The maximum atomic E-state index is 12.3. The van der Waals surface area contributed by atoms with E-state index in [9.17, 15) is 4.79 Å². The van der Waals surface area contributed by atoms with Crippen molar-refractivity contribution in [1.82, 2.24) is 4.98 Å². The molecular formula is C19H18N2O3. The minimum absolute atomic E-state index is 0.0704. The molecule has 5 heteroatoms. The standard InChI is InChI=1S/C19H18N2O3/c1-11-5-13-7-14(19(22)21-16(13)6-12(11)2)9-20-15-3-4-17-18(8-15)24-10-23-17/h3-8,20H,9-10H2,1-2H3,(H,21,22). The number of nitrogens with one attached hydrogen (secondary N) is 2. The smallest absolute Gasteiger partial charge is 0.253 e. The fraction of sp³-hybridized carbons (Fsp3) is 0.211. The largest absolute Gasteiger partial charge is 0.454 e. The summed E-state index contributed by atoms with van der Waals surface area (Å²) in [6.07, 6.45) is 0. The van der Waals surface area contributed by atoms with Crippen molar-refractivity contribution in [3.63, 3.8) is 0 Å². The lowest BCUT2D eigenvalue weighted by molar-refractivity contribution is 0.174. The van der Waals surface area contributed by atoms with Gasteiger partial charge in [0.2, 0.25) is 6.79 Å². The van der Waals surface area contributed by atoms with Crippen molar-refractivity contribution in [2.24, 2.45) is 0 Å². The number of rotatable bonds is 3. The van der Waals surface area contributed by atoms with Crippen LogP contribution in [0.15, 0.2) is 41.2 Å². The Morgan fingerprint density at radius 2 is 1.83 bits per heavy atom. The van der Waals surface area contributed by atoms with Crippen molar-refractivity contribution in [3.8, 4) is 11.5 Å². The van der Waals surface area contributed by atoms with E-state index < -0.39 is 0 Å². The third-order valence-corrected chi connectivity index (χ3v) is 4.39. The Balaban J connectivity index is 1.61. The molecule has 5 nitrogen and oxygen atoms in total. The molecule has 0 bridgehead atoms. The van der Waals surface area contributed by atoms with Gasteiger partial charge in [-0.2, -0.15) is 0 Å². The number of hydrogen-bond acceptors (Lipinski definition) is 4. The van der Waals surface area contributed by atoms with Crippen LogP contribution in [0, 0.1) is 13.8 Å². The molecule has 0 atom stereocenters. The zero-order valence-electron chi connectivity index (χ0n) is 13.6. The second-order valence-electron chi connectivity index (χ2n) is 6.07. The van der Waals surface area contributed by atoms with Gasteiger partial charge in [-0.15, -0.1) is 0 Å². The van der Waals surface area contributed by atoms with E-state index in [-0.39, 0.29) is 12.4 Å². The molecule has 1 aliphatic rings. The number of fused-ring (bicyclic) bond motifs is 2. The number of H-pyrrole nitrogens is 1. The molecule has 0 unspecified atom stereocenters. The van der Waals surface area contributed by atoms with Gasteiger partial charge in [-0.05, 0) is 60.7 Å². The summed E-state index contributed by atoms with van der Waals surface area (Å²) in [5, 5.41) is 4.31. The van der Waals surface area contributed by atoms with E-state index >= 15 is 0 Å². The SMILES string of the molecule is Cc1cc2cc(CNc3ccc4c(c3)OCO4)c(=O)[nH]c2cc1C. The van der Waals surface area contributed by atoms with Crippen molar-refractivity contribution in [2.75, 3.05) is 12.1 Å². The van der Waals surface area contributed by atoms with E-state index in [0.29, 0.717) is 12.1 Å². The predicted octanol–water partition coefficient (Wildman–Crippen LogP) is 3.49. The Morgan fingerprint density at radius 1 is 1.04 bits per heavy atom. The zero-order valence-corrected chi connectivity index (χ0v) is 13.6. The van der Waals surface area contributed by atoms with Crippen LogP contribution in [0.3, 0.4) is 0 Å². The number of anilines is 1. The number of pyridine rings is 1. The van der Waals surface area contributed by atoms with Gasteiger partial charge in [0.05, 0.1) is 0 Å². The van der Waals surface area contributed by atoms with Gasteiger partial charge in [-0.1, -0.05) is 0 Å². The van der Waals surface area contributed by atoms with Gasteiger partial charge >= 0.3 is 0 Å². The van der Waals surface area contributed by atoms with Crippen LogP contribution in [0.5, 0.6) is 11.5 Å². The van der Waals surface area contributed by atoms with E-state index in [1.54, 1.807) is 0 Å². The summed E-state index contributed by atoms with van der Waals surface area (Å²) in [5.41, 5.74) is 4.77. The van der Waals surface area contributed by atoms with Crippen LogP contribution < -0.4 is 20.3 Å². The van der Waals surface area contributed by atoms with E-state index in [1.165, 1.54) is 11.1 Å². The van der Waals surface area contributed by atoms with Crippen LogP contribution in [-0.4, -0.2) is 11.8 Å². The van der Waals surface area contributed by atoms with Gasteiger partial charge in [-0.25, -0.2) is 0 Å². The average molecular weight is 322 g/mol. The van der Waals surface area contributed by atoms with Crippen LogP contribution >= 0.6 is 0 Å². The highest BCUT2D eigenvalue weighted by atomic mass is 16.7. The maximum Gasteiger partial charge on any atom is 0.253 e. The molecular weight excluding hydrogens is 304 g/mol. The second kappa shape index (κ2) is 5.60. The molecule has 2 heterocycles. The van der Waals surface area contributed by atoms with Gasteiger partial charge in [0.15, 0.2) is 11.5 Å². The fourth-order valence-corrected chi connectivity index (χ4v) is 2.86. The summed E-state index contributed by atoms with van der Waals surface area (Å²) < 4.78 is 10.7. The minimum atomic E-state index is -0.0704. The third kappa shape index (κ3) is 2.58. The number of aromatic nitrogens is 1. The molecule has 4 rings (SSSR count). The first-order chi connectivity index (χ1) is 11.6. The summed E-state index contributed by atoms with van der Waals surface area (Å²) in [6, 6.07) is 11.7. The highest BCUT2D eigenvalue weighted by molar-refractivity contribution is 5.80. The second-order valence-corrected chi connectivity index (χ2v) is 6.07. The van der Waals surface area contributed by atoms with Crippen molar-refractivity contribution in [3.05, 3.63) is 63.4 Å². The monoisotopic (exact) mass is 322 g/mol. The van der Waals surface area contributed by atoms with E-state index in [1.807, 2.05) is 37.3 Å². The van der Waals surface area contributed by atoms with Gasteiger partial charge in [0.1, 0.15) is 0 Å². The van der Waals surface area contributed by atoms with Crippen LogP contribution in [0.4, 0.5) is 5.69 Å². The molecule has 0 amide bonds. The van der Waals surface area contributed by atoms with E-state index in [4.69, 9.17) is 9.47 Å². The summed E-state index contributed by atoms with van der Waals surface area (Å²) in [4.78, 5) is 15.3. The molecule has 24 heavy (non-hydrogen) atoms. The molecule has 122 valence electrons. The molecule has 0 radical (unpaired) electrons. The first kappa shape index (κ1) is 14.6. The Labute approximate surface area is 139 Å². The number of hydrogen-bond donors (Lipinski definition) is 2. The molecule has 0 aliphatic carbocycles. The fourth-order valence-electron chi connectivity index (χ4n) is 2.86. The molecule has 2 N–H and O–H groups in total. The molecule has 1 aromatic heterocycles. The number of benzene rings is 2. The first-order valence-corrected chi connectivity index (χ1v) is 7.87. The highest BCUT2D eigenvalue weighted by Gasteiger charge is 2.13. The maximum absolute atomic E-state index is 12.3. The molecule has 2 aromatic carbocycles. The number of ether oxygens (including phenoxy) is 2. The van der Waals surface area contributed by atoms with E-state index in [2.05, 4.69) is 23.3 Å². The van der Waals surface area contributed by atoms with Crippen molar-refractivity contribution >= 4 is 16.6 Å². The number of aromatic amines is 1. The Bertz CT molecular complexity index is 992. The van der Waals surface area contributed by atoms with Crippen LogP contribution in [-0.2, 0) is 6.54 Å². The Kier molecular flexibility index (Phi) is 3.41. The molecule has 0 fully saturated rings. The van der Waals surface area contributed by atoms with Crippen molar-refractivity contribution in [1.29, 1.82) is 0 Å². The van der Waals surface area contributed by atoms with Gasteiger partial charge in [-0.3, -0.25) is 4.79 Å². The first-order valence-electron chi connectivity index (χ1n) is 7.87. The highest BCUT2D eigenvalue weighted by Crippen LogP contribution is 2.34. The lowest BCUT2D eigenvalue weighted by Gasteiger charge is -2.09. The minimum Gasteiger partial charge on any atom is -0.454 e. The molecule has 3 aromatic rings. The summed E-state index contributed by atoms with van der Waals surface area (Å²) >= 11 is 0. The Morgan fingerprint density at radius 3 is 2.71 bits per heavy atom. The molecule has 1 aliphatic heterocycles. The lowest BCUT2D eigenvalue weighted by atomic mass is 10.0.